The molecule has 5 nitrogen and oxygen atoms in total. The standard InChI is InChI=1S/C19H28N4O/c1-15-6-5-12-22(14-15)18(24)9-11-21-19(20-2)23-13-10-16-7-3-4-8-17(16)23/h3-4,7-8,15H,5-6,9-14H2,1-2H3,(H,20,21). The third-order valence-electron chi connectivity index (χ3n) is 4.99. The van der Waals surface area contributed by atoms with E-state index in [-0.39, 0.29) is 5.91 Å². The minimum atomic E-state index is 0.256. The number of amides is 1. The largest absolute Gasteiger partial charge is 0.355 e. The van der Waals surface area contributed by atoms with Gasteiger partial charge in [0.2, 0.25) is 5.91 Å². The highest BCUT2D eigenvalue weighted by Crippen LogP contribution is 2.27. The minimum absolute atomic E-state index is 0.256. The number of para-hydroxylation sites is 1. The maximum absolute atomic E-state index is 12.4. The van der Waals surface area contributed by atoms with Crippen molar-refractivity contribution in [3.05, 3.63) is 29.8 Å². The van der Waals surface area contributed by atoms with E-state index in [0.717, 1.165) is 38.4 Å². The first-order valence-electron chi connectivity index (χ1n) is 9.03. The van der Waals surface area contributed by atoms with Gasteiger partial charge >= 0.3 is 0 Å². The van der Waals surface area contributed by atoms with Gasteiger partial charge in [-0.15, -0.1) is 0 Å². The van der Waals surface area contributed by atoms with Gasteiger partial charge in [0.05, 0.1) is 0 Å². The lowest BCUT2D eigenvalue weighted by molar-refractivity contribution is -0.132. The molecule has 0 aliphatic carbocycles. The number of nitrogens with zero attached hydrogens (tertiary/aromatic N) is 3. The first-order valence-corrected chi connectivity index (χ1v) is 9.03. The van der Waals surface area contributed by atoms with Crippen molar-refractivity contribution in [1.29, 1.82) is 0 Å². The molecule has 1 saturated heterocycles. The van der Waals surface area contributed by atoms with Crippen molar-refractivity contribution in [3.8, 4) is 0 Å². The van der Waals surface area contributed by atoms with Gasteiger partial charge in [0.1, 0.15) is 0 Å². The third-order valence-corrected chi connectivity index (χ3v) is 4.99. The summed E-state index contributed by atoms with van der Waals surface area (Å²) in [6.07, 6.45) is 3.94. The topological polar surface area (TPSA) is 47.9 Å². The van der Waals surface area contributed by atoms with Crippen LogP contribution in [-0.2, 0) is 11.2 Å². The Morgan fingerprint density at radius 2 is 2.17 bits per heavy atom. The molecular weight excluding hydrogens is 300 g/mol. The molecule has 1 aromatic carbocycles. The van der Waals surface area contributed by atoms with Crippen molar-refractivity contribution in [2.45, 2.75) is 32.6 Å². The average molecular weight is 328 g/mol. The predicted octanol–water partition coefficient (Wildman–Crippen LogP) is 2.27. The third kappa shape index (κ3) is 3.71. The molecule has 1 amide bonds. The molecular formula is C19H28N4O. The average Bonchev–Trinajstić information content (AvgIpc) is 3.02. The Hall–Kier alpha value is -2.04. The van der Waals surface area contributed by atoms with Crippen LogP contribution in [0.5, 0.6) is 0 Å². The highest BCUT2D eigenvalue weighted by molar-refractivity contribution is 5.98. The number of rotatable bonds is 3. The zero-order valence-corrected chi connectivity index (χ0v) is 14.8. The van der Waals surface area contributed by atoms with Crippen LogP contribution >= 0.6 is 0 Å². The number of hydrogen-bond acceptors (Lipinski definition) is 2. The van der Waals surface area contributed by atoms with Crippen LogP contribution in [0.2, 0.25) is 0 Å². The molecule has 0 spiro atoms. The summed E-state index contributed by atoms with van der Waals surface area (Å²) in [5.74, 6) is 1.75. The van der Waals surface area contributed by atoms with Gasteiger partial charge in [-0.25, -0.2) is 0 Å². The van der Waals surface area contributed by atoms with Crippen LogP contribution in [-0.4, -0.2) is 50.0 Å². The summed E-state index contributed by atoms with van der Waals surface area (Å²) in [5, 5.41) is 3.36. The number of hydrogen-bond donors (Lipinski definition) is 1. The number of carbonyl (C=O) groups excluding carboxylic acids is 1. The number of aliphatic imine (C=N–C) groups is 1. The normalized spacial score (nSPS) is 20.9. The van der Waals surface area contributed by atoms with Crippen molar-refractivity contribution in [2.75, 3.05) is 38.1 Å². The number of carbonyl (C=O) groups is 1. The first-order chi connectivity index (χ1) is 11.7. The quantitative estimate of drug-likeness (QED) is 0.684. The Labute approximate surface area is 144 Å². The molecule has 1 unspecified atom stereocenters. The summed E-state index contributed by atoms with van der Waals surface area (Å²) in [5.41, 5.74) is 2.58. The molecule has 24 heavy (non-hydrogen) atoms. The van der Waals surface area contributed by atoms with Gasteiger partial charge in [-0.05, 0) is 36.8 Å². The molecule has 1 atom stereocenters. The van der Waals surface area contributed by atoms with Crippen LogP contribution in [0.15, 0.2) is 29.3 Å². The van der Waals surface area contributed by atoms with Gasteiger partial charge in [-0.3, -0.25) is 9.79 Å². The number of nitrogens with one attached hydrogen (secondary N) is 1. The van der Waals surface area contributed by atoms with Gasteiger partial charge in [-0.1, -0.05) is 25.1 Å². The minimum Gasteiger partial charge on any atom is -0.355 e. The van der Waals surface area contributed by atoms with E-state index >= 15 is 0 Å². The fourth-order valence-electron chi connectivity index (χ4n) is 3.71. The van der Waals surface area contributed by atoms with Crippen LogP contribution in [0.3, 0.4) is 0 Å². The molecule has 0 bridgehead atoms. The lowest BCUT2D eigenvalue weighted by Crippen LogP contribution is -2.43. The maximum atomic E-state index is 12.4. The summed E-state index contributed by atoms with van der Waals surface area (Å²) in [4.78, 5) is 21.0. The van der Waals surface area contributed by atoms with Crippen molar-refractivity contribution in [1.82, 2.24) is 10.2 Å². The van der Waals surface area contributed by atoms with Crippen LogP contribution in [0, 0.1) is 5.92 Å². The molecule has 2 aliphatic heterocycles. The van der Waals surface area contributed by atoms with Crippen LogP contribution in [0.4, 0.5) is 5.69 Å². The van der Waals surface area contributed by atoms with Gasteiger partial charge in [0, 0.05) is 45.3 Å². The Bertz CT molecular complexity index is 613. The second kappa shape index (κ2) is 7.69. The van der Waals surface area contributed by atoms with Gasteiger partial charge in [0.25, 0.3) is 0 Å². The van der Waals surface area contributed by atoms with Crippen molar-refractivity contribution in [2.24, 2.45) is 10.9 Å². The second-order valence-corrected chi connectivity index (χ2v) is 6.84. The highest BCUT2D eigenvalue weighted by Gasteiger charge is 2.23. The zero-order valence-electron chi connectivity index (χ0n) is 14.8. The summed E-state index contributed by atoms with van der Waals surface area (Å²) in [6.45, 7) is 5.63. The second-order valence-electron chi connectivity index (χ2n) is 6.84. The van der Waals surface area contributed by atoms with E-state index in [1.54, 1.807) is 7.05 Å². The monoisotopic (exact) mass is 328 g/mol. The fraction of sp³-hybridized carbons (Fsp3) is 0.579. The summed E-state index contributed by atoms with van der Waals surface area (Å²) < 4.78 is 0. The number of anilines is 1. The maximum Gasteiger partial charge on any atom is 0.224 e. The Balaban J connectivity index is 1.51. The van der Waals surface area contributed by atoms with Crippen molar-refractivity contribution >= 4 is 17.6 Å². The zero-order chi connectivity index (χ0) is 16.9. The van der Waals surface area contributed by atoms with Crippen LogP contribution < -0.4 is 10.2 Å². The Kier molecular flexibility index (Phi) is 5.38. The summed E-state index contributed by atoms with van der Waals surface area (Å²) in [7, 11) is 1.80. The molecule has 0 aromatic heterocycles. The number of guanidine groups is 1. The summed E-state index contributed by atoms with van der Waals surface area (Å²) in [6, 6.07) is 8.45. The van der Waals surface area contributed by atoms with Gasteiger partial charge < -0.3 is 15.1 Å². The predicted molar refractivity (Wildman–Crippen MR) is 98.4 cm³/mol. The van der Waals surface area contributed by atoms with Crippen molar-refractivity contribution in [3.63, 3.8) is 0 Å². The van der Waals surface area contributed by atoms with E-state index in [4.69, 9.17) is 0 Å². The number of fused-ring (bicyclic) bond motifs is 1. The van der Waals surface area contributed by atoms with Gasteiger partial charge in [-0.2, -0.15) is 0 Å². The molecule has 1 aromatic rings. The lowest BCUT2D eigenvalue weighted by atomic mass is 10.00. The van der Waals surface area contributed by atoms with E-state index in [2.05, 4.69) is 46.4 Å². The number of piperidine rings is 1. The fourth-order valence-corrected chi connectivity index (χ4v) is 3.71. The molecule has 1 N–H and O–H groups in total. The van der Waals surface area contributed by atoms with E-state index in [9.17, 15) is 4.79 Å². The molecule has 2 aliphatic rings. The van der Waals surface area contributed by atoms with Crippen LogP contribution in [0.25, 0.3) is 0 Å². The molecule has 130 valence electrons. The van der Waals surface area contributed by atoms with E-state index < -0.39 is 0 Å². The lowest BCUT2D eigenvalue weighted by Gasteiger charge is -2.31. The number of benzene rings is 1. The van der Waals surface area contributed by atoms with Crippen LogP contribution in [0.1, 0.15) is 31.7 Å². The van der Waals surface area contributed by atoms with Gasteiger partial charge in [0.15, 0.2) is 5.96 Å². The Morgan fingerprint density at radius 3 is 2.96 bits per heavy atom. The molecule has 0 saturated carbocycles. The highest BCUT2D eigenvalue weighted by atomic mass is 16.2. The van der Waals surface area contributed by atoms with Crippen molar-refractivity contribution < 1.29 is 4.79 Å². The molecule has 3 rings (SSSR count). The molecule has 0 radical (unpaired) electrons. The molecule has 5 heteroatoms. The number of likely N-dealkylation sites (tertiary alicyclic amines) is 1. The molecule has 2 heterocycles. The van der Waals surface area contributed by atoms with E-state index in [0.29, 0.717) is 18.9 Å². The van der Waals surface area contributed by atoms with E-state index in [1.165, 1.54) is 17.7 Å². The van der Waals surface area contributed by atoms with E-state index in [1.807, 2.05) is 4.90 Å². The summed E-state index contributed by atoms with van der Waals surface area (Å²) >= 11 is 0. The Morgan fingerprint density at radius 1 is 1.33 bits per heavy atom. The molecule has 1 fully saturated rings. The first kappa shape index (κ1) is 16.8. The SMILES string of the molecule is CN=C(NCCC(=O)N1CCCC(C)C1)N1CCc2ccccc21. The smallest absolute Gasteiger partial charge is 0.224 e.